The Bertz CT molecular complexity index is 942. The average molecular weight is 351 g/mol. The molecule has 0 bridgehead atoms. The first kappa shape index (κ1) is 17.7. The number of ether oxygens (including phenoxy) is 2. The lowest BCUT2D eigenvalue weighted by Crippen LogP contribution is -2.15. The molecule has 0 spiro atoms. The molecule has 0 atom stereocenters. The van der Waals surface area contributed by atoms with Crippen LogP contribution < -0.4 is 4.74 Å². The molecule has 3 aromatic rings. The quantitative estimate of drug-likeness (QED) is 0.519. The second-order valence-corrected chi connectivity index (χ2v) is 6.07. The third kappa shape index (κ3) is 3.77. The van der Waals surface area contributed by atoms with Gasteiger partial charge in [-0.05, 0) is 31.0 Å². The first-order valence-corrected chi connectivity index (χ1v) is 8.48. The molecular formula is C21H21NO4. The summed E-state index contributed by atoms with van der Waals surface area (Å²) in [6.45, 7) is 1.59. The highest BCUT2D eigenvalue weighted by Crippen LogP contribution is 2.22. The lowest BCUT2D eigenvalue weighted by Gasteiger charge is -2.08. The molecule has 5 nitrogen and oxygen atoms in total. The van der Waals surface area contributed by atoms with Gasteiger partial charge in [-0.1, -0.05) is 36.4 Å². The van der Waals surface area contributed by atoms with E-state index in [2.05, 4.69) is 4.98 Å². The number of benzene rings is 2. The van der Waals surface area contributed by atoms with E-state index in [1.165, 1.54) is 0 Å². The van der Waals surface area contributed by atoms with Gasteiger partial charge < -0.3 is 14.5 Å². The number of esters is 1. The van der Waals surface area contributed by atoms with Gasteiger partial charge in [0.2, 0.25) is 5.78 Å². The molecule has 0 amide bonds. The Hall–Kier alpha value is -3.08. The molecule has 3 rings (SSSR count). The molecule has 0 radical (unpaired) electrons. The van der Waals surface area contributed by atoms with E-state index in [9.17, 15) is 9.59 Å². The second-order valence-electron chi connectivity index (χ2n) is 6.07. The van der Waals surface area contributed by atoms with E-state index in [0.29, 0.717) is 12.0 Å². The van der Waals surface area contributed by atoms with Crippen LogP contribution in [-0.4, -0.2) is 30.5 Å². The molecule has 1 aromatic heterocycles. The van der Waals surface area contributed by atoms with Crippen LogP contribution in [0.4, 0.5) is 0 Å². The lowest BCUT2D eigenvalue weighted by molar-refractivity contribution is -0.142. The fourth-order valence-corrected chi connectivity index (χ4v) is 3.07. The number of aromatic amines is 1. The van der Waals surface area contributed by atoms with Crippen molar-refractivity contribution in [1.82, 2.24) is 4.98 Å². The van der Waals surface area contributed by atoms with Crippen LogP contribution in [-0.2, 0) is 16.0 Å². The van der Waals surface area contributed by atoms with E-state index in [4.69, 9.17) is 9.47 Å². The number of methoxy groups -OCH3 is 1. The van der Waals surface area contributed by atoms with Crippen molar-refractivity contribution in [1.29, 1.82) is 0 Å². The van der Waals surface area contributed by atoms with Gasteiger partial charge in [0.25, 0.3) is 0 Å². The molecule has 0 fully saturated rings. The number of aryl methyl sites for hydroxylation is 2. The number of para-hydroxylation sites is 2. The Kier molecular flexibility index (Phi) is 5.37. The lowest BCUT2D eigenvalue weighted by atomic mass is 10.1. The second kappa shape index (κ2) is 7.87. The maximum atomic E-state index is 12.5. The zero-order chi connectivity index (χ0) is 18.5. The number of carbonyl (C=O) groups is 2. The van der Waals surface area contributed by atoms with E-state index in [1.54, 1.807) is 7.11 Å². The molecule has 1 heterocycles. The minimum absolute atomic E-state index is 0.195. The summed E-state index contributed by atoms with van der Waals surface area (Å²) >= 11 is 0. The summed E-state index contributed by atoms with van der Waals surface area (Å²) in [5, 5.41) is 0.847. The summed E-state index contributed by atoms with van der Waals surface area (Å²) in [4.78, 5) is 27.7. The summed E-state index contributed by atoms with van der Waals surface area (Å²) < 4.78 is 10.5. The molecule has 0 aliphatic rings. The number of H-pyrrole nitrogens is 1. The number of fused-ring (bicyclic) bond motifs is 1. The Morgan fingerprint density at radius 3 is 2.58 bits per heavy atom. The van der Waals surface area contributed by atoms with Gasteiger partial charge in [0.05, 0.1) is 7.11 Å². The normalized spacial score (nSPS) is 10.7. The molecule has 2 aromatic carbocycles. The Balaban J connectivity index is 1.59. The van der Waals surface area contributed by atoms with Crippen LogP contribution in [0.15, 0.2) is 48.5 Å². The van der Waals surface area contributed by atoms with Crippen molar-refractivity contribution < 1.29 is 19.1 Å². The summed E-state index contributed by atoms with van der Waals surface area (Å²) in [6, 6.07) is 15.1. The maximum absolute atomic E-state index is 12.5. The Morgan fingerprint density at radius 2 is 1.77 bits per heavy atom. The number of Topliss-reactive ketones (excluding diaryl/α,β-unsaturated/α-hetero) is 1. The van der Waals surface area contributed by atoms with Crippen molar-refractivity contribution in [3.8, 4) is 5.75 Å². The summed E-state index contributed by atoms with van der Waals surface area (Å²) in [6.07, 6.45) is 0.698. The SMILES string of the molecule is COc1ccccc1CCC(=O)OCC(=O)c1c(C)[nH]c2ccccc12. The standard InChI is InChI=1S/C21H21NO4/c1-14-21(16-8-4-5-9-17(16)22-14)18(23)13-26-20(24)12-11-15-7-3-6-10-19(15)25-2/h3-10,22H,11-13H2,1-2H3. The Labute approximate surface area is 151 Å². The predicted octanol–water partition coefficient (Wildman–Crippen LogP) is 3.84. The molecule has 1 N–H and O–H groups in total. The van der Waals surface area contributed by atoms with Crippen LogP contribution in [0.25, 0.3) is 10.9 Å². The number of ketones is 1. The molecule has 5 heteroatoms. The number of hydrogen-bond donors (Lipinski definition) is 1. The third-order valence-electron chi connectivity index (χ3n) is 4.33. The van der Waals surface area contributed by atoms with E-state index < -0.39 is 5.97 Å². The van der Waals surface area contributed by atoms with Crippen LogP contribution in [0.5, 0.6) is 5.75 Å². The van der Waals surface area contributed by atoms with Crippen molar-refractivity contribution in [3.05, 3.63) is 65.4 Å². The number of hydrogen-bond acceptors (Lipinski definition) is 4. The molecule has 0 aliphatic heterocycles. The van der Waals surface area contributed by atoms with Crippen molar-refractivity contribution >= 4 is 22.7 Å². The van der Waals surface area contributed by atoms with E-state index in [1.807, 2.05) is 55.5 Å². The molecule has 0 saturated carbocycles. The summed E-state index contributed by atoms with van der Waals surface area (Å²) in [7, 11) is 1.60. The fraction of sp³-hybridized carbons (Fsp3) is 0.238. The van der Waals surface area contributed by atoms with Crippen molar-refractivity contribution in [3.63, 3.8) is 0 Å². The minimum Gasteiger partial charge on any atom is -0.496 e. The Morgan fingerprint density at radius 1 is 1.04 bits per heavy atom. The van der Waals surface area contributed by atoms with Crippen LogP contribution >= 0.6 is 0 Å². The number of aromatic nitrogens is 1. The highest BCUT2D eigenvalue weighted by atomic mass is 16.5. The van der Waals surface area contributed by atoms with E-state index in [0.717, 1.165) is 27.9 Å². The molecule has 134 valence electrons. The van der Waals surface area contributed by atoms with E-state index in [-0.39, 0.29) is 18.8 Å². The first-order valence-electron chi connectivity index (χ1n) is 8.48. The van der Waals surface area contributed by atoms with Crippen molar-refractivity contribution in [2.75, 3.05) is 13.7 Å². The molecule has 0 unspecified atom stereocenters. The minimum atomic E-state index is -0.401. The van der Waals surface area contributed by atoms with Gasteiger partial charge in [0.15, 0.2) is 6.61 Å². The van der Waals surface area contributed by atoms with Crippen molar-refractivity contribution in [2.45, 2.75) is 19.8 Å². The smallest absolute Gasteiger partial charge is 0.306 e. The highest BCUT2D eigenvalue weighted by Gasteiger charge is 2.17. The summed E-state index contributed by atoms with van der Waals surface area (Å²) in [5.74, 6) is 0.137. The summed E-state index contributed by atoms with van der Waals surface area (Å²) in [5.41, 5.74) is 3.20. The number of rotatable bonds is 7. The van der Waals surface area contributed by atoms with Gasteiger partial charge in [-0.25, -0.2) is 0 Å². The molecule has 0 saturated heterocycles. The maximum Gasteiger partial charge on any atom is 0.306 e. The van der Waals surface area contributed by atoms with Gasteiger partial charge in [-0.15, -0.1) is 0 Å². The first-order chi connectivity index (χ1) is 12.6. The number of nitrogens with one attached hydrogen (secondary N) is 1. The molecule has 0 aliphatic carbocycles. The van der Waals surface area contributed by atoms with Crippen LogP contribution in [0.3, 0.4) is 0 Å². The zero-order valence-electron chi connectivity index (χ0n) is 14.9. The average Bonchev–Trinajstić information content (AvgIpc) is 3.00. The van der Waals surface area contributed by atoms with Gasteiger partial charge in [0, 0.05) is 28.6 Å². The third-order valence-corrected chi connectivity index (χ3v) is 4.33. The van der Waals surface area contributed by atoms with E-state index >= 15 is 0 Å². The van der Waals surface area contributed by atoms with Crippen LogP contribution in [0.1, 0.15) is 28.0 Å². The van der Waals surface area contributed by atoms with Gasteiger partial charge in [-0.2, -0.15) is 0 Å². The monoisotopic (exact) mass is 351 g/mol. The van der Waals surface area contributed by atoms with Crippen LogP contribution in [0, 0.1) is 6.92 Å². The molecular weight excluding hydrogens is 330 g/mol. The van der Waals surface area contributed by atoms with Crippen LogP contribution in [0.2, 0.25) is 0 Å². The highest BCUT2D eigenvalue weighted by molar-refractivity contribution is 6.10. The zero-order valence-corrected chi connectivity index (χ0v) is 14.9. The van der Waals surface area contributed by atoms with Gasteiger partial charge in [-0.3, -0.25) is 9.59 Å². The van der Waals surface area contributed by atoms with Gasteiger partial charge in [0.1, 0.15) is 5.75 Å². The number of carbonyl (C=O) groups excluding carboxylic acids is 2. The van der Waals surface area contributed by atoms with Crippen molar-refractivity contribution in [2.24, 2.45) is 0 Å². The van der Waals surface area contributed by atoms with Gasteiger partial charge >= 0.3 is 5.97 Å². The predicted molar refractivity (Wildman–Crippen MR) is 99.6 cm³/mol. The topological polar surface area (TPSA) is 68.4 Å². The largest absolute Gasteiger partial charge is 0.496 e. The molecule has 26 heavy (non-hydrogen) atoms. The fourth-order valence-electron chi connectivity index (χ4n) is 3.07.